The first-order valence-corrected chi connectivity index (χ1v) is 5.37. The second-order valence-corrected chi connectivity index (χ2v) is 3.93. The van der Waals surface area contributed by atoms with E-state index in [1.54, 1.807) is 13.0 Å². The maximum absolute atomic E-state index is 11.7. The van der Waals surface area contributed by atoms with Gasteiger partial charge < -0.3 is 9.72 Å². The third-order valence-corrected chi connectivity index (χ3v) is 2.61. The van der Waals surface area contributed by atoms with Crippen molar-refractivity contribution in [3.63, 3.8) is 0 Å². The van der Waals surface area contributed by atoms with Crippen molar-refractivity contribution in [2.24, 2.45) is 0 Å². The molecule has 0 unspecified atom stereocenters. The van der Waals surface area contributed by atoms with E-state index in [9.17, 15) is 9.59 Å². The predicted octanol–water partition coefficient (Wildman–Crippen LogP) is 2.30. The number of benzene rings is 1. The number of H-pyrrole nitrogens is 1. The molecule has 0 radical (unpaired) electrons. The lowest BCUT2D eigenvalue weighted by Gasteiger charge is -2.08. The van der Waals surface area contributed by atoms with Crippen LogP contribution in [0, 0.1) is 0 Å². The van der Waals surface area contributed by atoms with E-state index in [0.717, 1.165) is 10.9 Å². The van der Waals surface area contributed by atoms with Gasteiger partial charge in [-0.15, -0.1) is 0 Å². The number of hydrogen-bond donors (Lipinski definition) is 1. The molecular formula is C13H13NO3. The van der Waals surface area contributed by atoms with Crippen LogP contribution in [-0.2, 0) is 9.53 Å². The third kappa shape index (κ3) is 2.36. The second kappa shape index (κ2) is 4.41. The first-order chi connectivity index (χ1) is 8.08. The molecule has 1 aromatic carbocycles. The van der Waals surface area contributed by atoms with Gasteiger partial charge in [0.15, 0.2) is 11.9 Å². The molecule has 4 nitrogen and oxygen atoms in total. The fraction of sp³-hybridized carbons (Fsp3) is 0.231. The van der Waals surface area contributed by atoms with E-state index in [2.05, 4.69) is 4.98 Å². The van der Waals surface area contributed by atoms with Crippen molar-refractivity contribution in [1.82, 2.24) is 4.98 Å². The molecule has 0 saturated heterocycles. The van der Waals surface area contributed by atoms with Gasteiger partial charge in [0, 0.05) is 10.9 Å². The third-order valence-electron chi connectivity index (χ3n) is 2.61. The molecule has 4 heteroatoms. The van der Waals surface area contributed by atoms with Crippen molar-refractivity contribution in [1.29, 1.82) is 0 Å². The summed E-state index contributed by atoms with van der Waals surface area (Å²) in [7, 11) is 0. The van der Waals surface area contributed by atoms with Gasteiger partial charge in [-0.05, 0) is 26.0 Å². The summed E-state index contributed by atoms with van der Waals surface area (Å²) in [4.78, 5) is 25.7. The fourth-order valence-corrected chi connectivity index (χ4v) is 1.49. The van der Waals surface area contributed by atoms with Crippen molar-refractivity contribution in [2.75, 3.05) is 0 Å². The van der Waals surface area contributed by atoms with Crippen molar-refractivity contribution >= 4 is 22.7 Å². The van der Waals surface area contributed by atoms with E-state index < -0.39 is 12.1 Å². The van der Waals surface area contributed by atoms with Gasteiger partial charge in [0.2, 0.25) is 0 Å². The largest absolute Gasteiger partial charge is 0.450 e. The standard InChI is InChI=1S/C13H13NO3/c1-8(15)9(2)17-13(16)12-7-10-5-3-4-6-11(10)14-12/h3-7,9,14H,1-2H3/t9-/m0/s1. The molecule has 1 heterocycles. The van der Waals surface area contributed by atoms with Gasteiger partial charge in [-0.3, -0.25) is 4.79 Å². The van der Waals surface area contributed by atoms with Crippen LogP contribution in [0.4, 0.5) is 0 Å². The molecule has 1 atom stereocenters. The molecule has 17 heavy (non-hydrogen) atoms. The maximum Gasteiger partial charge on any atom is 0.355 e. The van der Waals surface area contributed by atoms with Crippen LogP contribution in [0.25, 0.3) is 10.9 Å². The van der Waals surface area contributed by atoms with E-state index in [4.69, 9.17) is 4.74 Å². The molecule has 2 aromatic rings. The van der Waals surface area contributed by atoms with E-state index >= 15 is 0 Å². The lowest BCUT2D eigenvalue weighted by Crippen LogP contribution is -2.21. The zero-order valence-electron chi connectivity index (χ0n) is 9.69. The fourth-order valence-electron chi connectivity index (χ4n) is 1.49. The molecule has 0 saturated carbocycles. The minimum Gasteiger partial charge on any atom is -0.450 e. The predicted molar refractivity (Wildman–Crippen MR) is 63.9 cm³/mol. The van der Waals surface area contributed by atoms with Crippen LogP contribution in [0.5, 0.6) is 0 Å². The number of Topliss-reactive ketones (excluding diaryl/α,β-unsaturated/α-hetero) is 1. The summed E-state index contributed by atoms with van der Waals surface area (Å²) in [5.74, 6) is -0.682. The van der Waals surface area contributed by atoms with Crippen molar-refractivity contribution in [3.8, 4) is 0 Å². The zero-order valence-corrected chi connectivity index (χ0v) is 9.69. The monoisotopic (exact) mass is 231 g/mol. The van der Waals surface area contributed by atoms with Crippen molar-refractivity contribution < 1.29 is 14.3 Å². The number of rotatable bonds is 3. The smallest absolute Gasteiger partial charge is 0.355 e. The number of para-hydroxylation sites is 1. The Labute approximate surface area is 98.6 Å². The quantitative estimate of drug-likeness (QED) is 0.824. The summed E-state index contributed by atoms with van der Waals surface area (Å²) >= 11 is 0. The van der Waals surface area contributed by atoms with Gasteiger partial charge in [0.1, 0.15) is 5.69 Å². The molecule has 0 aliphatic heterocycles. The van der Waals surface area contributed by atoms with Crippen LogP contribution < -0.4 is 0 Å². The van der Waals surface area contributed by atoms with Gasteiger partial charge in [0.05, 0.1) is 0 Å². The Morgan fingerprint density at radius 3 is 2.65 bits per heavy atom. The first kappa shape index (κ1) is 11.4. The Bertz CT molecular complexity index is 538. The molecule has 0 bridgehead atoms. The van der Waals surface area contributed by atoms with Crippen LogP contribution in [0.15, 0.2) is 30.3 Å². The summed E-state index contributed by atoms with van der Waals surface area (Å²) in [5, 5.41) is 0.940. The topological polar surface area (TPSA) is 59.2 Å². The van der Waals surface area contributed by atoms with Crippen LogP contribution in [0.1, 0.15) is 24.3 Å². The Balaban J connectivity index is 2.22. The number of aromatic amines is 1. The van der Waals surface area contributed by atoms with E-state index in [1.165, 1.54) is 6.92 Å². The number of ether oxygens (including phenoxy) is 1. The zero-order chi connectivity index (χ0) is 12.4. The average Bonchev–Trinajstić information content (AvgIpc) is 2.72. The van der Waals surface area contributed by atoms with Crippen LogP contribution >= 0.6 is 0 Å². The number of esters is 1. The van der Waals surface area contributed by atoms with Gasteiger partial charge in [-0.2, -0.15) is 0 Å². The summed E-state index contributed by atoms with van der Waals surface area (Å²) in [6.07, 6.45) is -0.714. The SMILES string of the molecule is CC(=O)[C@H](C)OC(=O)c1cc2ccccc2[nH]1. The highest BCUT2D eigenvalue weighted by atomic mass is 16.5. The number of carbonyl (C=O) groups excluding carboxylic acids is 2. The van der Waals surface area contributed by atoms with Crippen LogP contribution in [0.3, 0.4) is 0 Å². The number of nitrogens with one attached hydrogen (secondary N) is 1. The molecule has 2 rings (SSSR count). The van der Waals surface area contributed by atoms with Crippen molar-refractivity contribution in [3.05, 3.63) is 36.0 Å². The lowest BCUT2D eigenvalue weighted by molar-refractivity contribution is -0.124. The molecule has 0 fully saturated rings. The molecule has 0 spiro atoms. The van der Waals surface area contributed by atoms with Gasteiger partial charge >= 0.3 is 5.97 Å². The minimum absolute atomic E-state index is 0.172. The normalized spacial score (nSPS) is 12.4. The highest BCUT2D eigenvalue weighted by Gasteiger charge is 2.16. The van der Waals surface area contributed by atoms with E-state index in [1.807, 2.05) is 24.3 Å². The molecule has 1 N–H and O–H groups in total. The van der Waals surface area contributed by atoms with Crippen molar-refractivity contribution in [2.45, 2.75) is 20.0 Å². The lowest BCUT2D eigenvalue weighted by atomic mass is 10.2. The molecule has 0 aliphatic rings. The Morgan fingerprint density at radius 1 is 1.29 bits per heavy atom. The Hall–Kier alpha value is -2.10. The summed E-state index contributed by atoms with van der Waals surface area (Å²) < 4.78 is 5.01. The minimum atomic E-state index is -0.714. The Kier molecular flexibility index (Phi) is 2.95. The molecular weight excluding hydrogens is 218 g/mol. The number of ketones is 1. The van der Waals surface area contributed by atoms with Crippen LogP contribution in [-0.4, -0.2) is 22.8 Å². The Morgan fingerprint density at radius 2 is 2.00 bits per heavy atom. The van der Waals surface area contributed by atoms with Crippen LogP contribution in [0.2, 0.25) is 0 Å². The first-order valence-electron chi connectivity index (χ1n) is 5.37. The number of carbonyl (C=O) groups is 2. The maximum atomic E-state index is 11.7. The average molecular weight is 231 g/mol. The van der Waals surface area contributed by atoms with E-state index in [-0.39, 0.29) is 5.78 Å². The van der Waals surface area contributed by atoms with E-state index in [0.29, 0.717) is 5.69 Å². The summed E-state index contributed by atoms with van der Waals surface area (Å²) in [6, 6.07) is 9.26. The molecule has 0 amide bonds. The van der Waals surface area contributed by atoms with Gasteiger partial charge in [0.25, 0.3) is 0 Å². The number of fused-ring (bicyclic) bond motifs is 1. The number of hydrogen-bond acceptors (Lipinski definition) is 3. The second-order valence-electron chi connectivity index (χ2n) is 3.93. The highest BCUT2D eigenvalue weighted by molar-refractivity contribution is 5.96. The number of aromatic nitrogens is 1. The summed E-state index contributed by atoms with van der Waals surface area (Å²) in [5.41, 5.74) is 1.23. The molecule has 0 aliphatic carbocycles. The molecule has 1 aromatic heterocycles. The summed E-state index contributed by atoms with van der Waals surface area (Å²) in [6.45, 7) is 2.95. The van der Waals surface area contributed by atoms with Gasteiger partial charge in [-0.25, -0.2) is 4.79 Å². The van der Waals surface area contributed by atoms with Gasteiger partial charge in [-0.1, -0.05) is 18.2 Å². The molecule has 88 valence electrons. The highest BCUT2D eigenvalue weighted by Crippen LogP contribution is 2.15.